The molecule has 1 atom stereocenters. The van der Waals surface area contributed by atoms with E-state index in [2.05, 4.69) is 10.1 Å². The van der Waals surface area contributed by atoms with Crippen molar-refractivity contribution in [2.75, 3.05) is 13.1 Å². The molecule has 0 spiro atoms. The molecule has 21 heavy (non-hydrogen) atoms. The highest BCUT2D eigenvalue weighted by Crippen LogP contribution is 2.30. The van der Waals surface area contributed by atoms with Gasteiger partial charge in [0, 0.05) is 19.5 Å². The zero-order valence-corrected chi connectivity index (χ0v) is 13.4. The van der Waals surface area contributed by atoms with E-state index in [1.807, 2.05) is 6.92 Å². The minimum atomic E-state index is -3.40. The number of aryl methyl sites for hydroxylation is 1. The quantitative estimate of drug-likeness (QED) is 0.861. The van der Waals surface area contributed by atoms with Crippen LogP contribution in [0.25, 0.3) is 0 Å². The van der Waals surface area contributed by atoms with Gasteiger partial charge in [-0.15, -0.1) is 11.3 Å². The van der Waals surface area contributed by atoms with Crippen molar-refractivity contribution in [1.82, 2.24) is 14.4 Å². The summed E-state index contributed by atoms with van der Waals surface area (Å²) in [6, 6.07) is 3.40. The molecule has 8 heteroatoms. The van der Waals surface area contributed by atoms with Crippen LogP contribution in [0.2, 0.25) is 0 Å². The summed E-state index contributed by atoms with van der Waals surface area (Å²) in [5, 5.41) is 5.67. The van der Waals surface area contributed by atoms with Crippen molar-refractivity contribution in [2.45, 2.75) is 36.3 Å². The molecule has 1 fully saturated rings. The molecular formula is C13H17N3O3S2. The maximum absolute atomic E-state index is 12.6. The van der Waals surface area contributed by atoms with E-state index in [1.54, 1.807) is 17.5 Å². The molecule has 0 bridgehead atoms. The Balaban J connectivity index is 1.80. The Bertz CT molecular complexity index is 694. The molecule has 1 aliphatic heterocycles. The summed E-state index contributed by atoms with van der Waals surface area (Å²) in [6.07, 6.45) is 2.40. The summed E-state index contributed by atoms with van der Waals surface area (Å²) >= 11 is 1.25. The molecule has 0 amide bonds. The van der Waals surface area contributed by atoms with Crippen LogP contribution >= 0.6 is 11.3 Å². The molecule has 0 N–H and O–H groups in total. The van der Waals surface area contributed by atoms with Crippen molar-refractivity contribution >= 4 is 21.4 Å². The maximum Gasteiger partial charge on any atom is 0.252 e. The van der Waals surface area contributed by atoms with Gasteiger partial charge in [-0.25, -0.2) is 8.42 Å². The van der Waals surface area contributed by atoms with Gasteiger partial charge in [0.15, 0.2) is 5.82 Å². The molecule has 2 aromatic heterocycles. The molecule has 0 radical (unpaired) electrons. The molecule has 0 aromatic carbocycles. The van der Waals surface area contributed by atoms with Crippen LogP contribution in [0.4, 0.5) is 0 Å². The average molecular weight is 327 g/mol. The standard InChI is InChI=1S/C13H17N3O3S2/c1-2-11-14-13(19-15-11)10-5-3-7-16(9-10)21(17,18)12-6-4-8-20-12/h4,6,8,10H,2-3,5,7,9H2,1H3. The second-order valence-corrected chi connectivity index (χ2v) is 8.15. The number of rotatable bonds is 4. The molecule has 6 nitrogen and oxygen atoms in total. The minimum absolute atomic E-state index is 0.0127. The lowest BCUT2D eigenvalue weighted by Gasteiger charge is -2.29. The Morgan fingerprint density at radius 3 is 3.05 bits per heavy atom. The van der Waals surface area contributed by atoms with E-state index in [9.17, 15) is 8.42 Å². The van der Waals surface area contributed by atoms with Crippen LogP contribution in [0.15, 0.2) is 26.2 Å². The molecule has 1 unspecified atom stereocenters. The van der Waals surface area contributed by atoms with Gasteiger partial charge < -0.3 is 4.52 Å². The summed E-state index contributed by atoms with van der Waals surface area (Å²) in [5.74, 6) is 1.21. The van der Waals surface area contributed by atoms with Gasteiger partial charge in [-0.3, -0.25) is 0 Å². The smallest absolute Gasteiger partial charge is 0.252 e. The van der Waals surface area contributed by atoms with Crippen molar-refractivity contribution in [3.05, 3.63) is 29.2 Å². The summed E-state index contributed by atoms with van der Waals surface area (Å²) in [7, 11) is -3.40. The monoisotopic (exact) mass is 327 g/mol. The highest BCUT2D eigenvalue weighted by Gasteiger charge is 2.33. The van der Waals surface area contributed by atoms with Gasteiger partial charge in [-0.1, -0.05) is 18.1 Å². The molecule has 1 saturated heterocycles. The van der Waals surface area contributed by atoms with Crippen molar-refractivity contribution in [1.29, 1.82) is 0 Å². The Hall–Kier alpha value is -1.25. The fourth-order valence-corrected chi connectivity index (χ4v) is 5.15. The van der Waals surface area contributed by atoms with Crippen LogP contribution in [0.5, 0.6) is 0 Å². The van der Waals surface area contributed by atoms with E-state index < -0.39 is 10.0 Å². The number of aromatic nitrogens is 2. The molecular weight excluding hydrogens is 310 g/mol. The van der Waals surface area contributed by atoms with Crippen LogP contribution in [-0.4, -0.2) is 36.0 Å². The van der Waals surface area contributed by atoms with Gasteiger partial charge in [-0.2, -0.15) is 9.29 Å². The van der Waals surface area contributed by atoms with Crippen molar-refractivity contribution in [3.63, 3.8) is 0 Å². The maximum atomic E-state index is 12.6. The molecule has 1 aliphatic rings. The fourth-order valence-electron chi connectivity index (χ4n) is 2.48. The van der Waals surface area contributed by atoms with Crippen molar-refractivity contribution < 1.29 is 12.9 Å². The third kappa shape index (κ3) is 2.88. The topological polar surface area (TPSA) is 76.3 Å². The van der Waals surface area contributed by atoms with E-state index in [1.165, 1.54) is 15.6 Å². The zero-order chi connectivity index (χ0) is 14.9. The minimum Gasteiger partial charge on any atom is -0.339 e. The lowest BCUT2D eigenvalue weighted by molar-refractivity contribution is 0.265. The number of nitrogens with zero attached hydrogens (tertiary/aromatic N) is 3. The van der Waals surface area contributed by atoms with Gasteiger partial charge in [0.25, 0.3) is 10.0 Å². The molecule has 3 heterocycles. The van der Waals surface area contributed by atoms with E-state index in [0.717, 1.165) is 12.8 Å². The first-order valence-corrected chi connectivity index (χ1v) is 9.29. The van der Waals surface area contributed by atoms with Crippen LogP contribution < -0.4 is 0 Å². The van der Waals surface area contributed by atoms with Crippen LogP contribution in [0.3, 0.4) is 0 Å². The highest BCUT2D eigenvalue weighted by molar-refractivity contribution is 7.91. The SMILES string of the molecule is CCc1noc(C2CCCN(S(=O)(=O)c3cccs3)C2)n1. The zero-order valence-electron chi connectivity index (χ0n) is 11.7. The summed E-state index contributed by atoms with van der Waals surface area (Å²) in [5.41, 5.74) is 0. The highest BCUT2D eigenvalue weighted by atomic mass is 32.2. The molecule has 0 aliphatic carbocycles. The van der Waals surface area contributed by atoms with Crippen LogP contribution in [-0.2, 0) is 16.4 Å². The fraction of sp³-hybridized carbons (Fsp3) is 0.538. The van der Waals surface area contributed by atoms with Crippen molar-refractivity contribution in [2.24, 2.45) is 0 Å². The molecule has 3 rings (SSSR count). The second-order valence-electron chi connectivity index (χ2n) is 5.04. The molecule has 0 saturated carbocycles. The Morgan fingerprint density at radius 2 is 2.38 bits per heavy atom. The first-order valence-electron chi connectivity index (χ1n) is 6.97. The molecule has 114 valence electrons. The number of hydrogen-bond acceptors (Lipinski definition) is 6. The number of piperidine rings is 1. The van der Waals surface area contributed by atoms with Gasteiger partial charge in [0.2, 0.25) is 5.89 Å². The summed E-state index contributed by atoms with van der Waals surface area (Å²) in [6.45, 7) is 2.92. The van der Waals surface area contributed by atoms with Gasteiger partial charge in [-0.05, 0) is 24.3 Å². The third-order valence-corrected chi connectivity index (χ3v) is 6.86. The lowest BCUT2D eigenvalue weighted by Crippen LogP contribution is -2.38. The number of sulfonamides is 1. The predicted molar refractivity (Wildman–Crippen MR) is 78.7 cm³/mol. The van der Waals surface area contributed by atoms with E-state index in [0.29, 0.717) is 35.4 Å². The summed E-state index contributed by atoms with van der Waals surface area (Å²) < 4.78 is 32.3. The normalized spacial score (nSPS) is 20.7. The number of hydrogen-bond donors (Lipinski definition) is 0. The predicted octanol–water partition coefficient (Wildman–Crippen LogP) is 2.26. The Morgan fingerprint density at radius 1 is 1.52 bits per heavy atom. The average Bonchev–Trinajstić information content (AvgIpc) is 3.19. The van der Waals surface area contributed by atoms with E-state index in [-0.39, 0.29) is 5.92 Å². The van der Waals surface area contributed by atoms with Crippen LogP contribution in [0, 0.1) is 0 Å². The van der Waals surface area contributed by atoms with Gasteiger partial charge in [0.05, 0.1) is 5.92 Å². The van der Waals surface area contributed by atoms with Crippen LogP contribution in [0.1, 0.15) is 37.4 Å². The van der Waals surface area contributed by atoms with E-state index in [4.69, 9.17) is 4.52 Å². The van der Waals surface area contributed by atoms with Gasteiger partial charge in [0.1, 0.15) is 4.21 Å². The Labute approximate surface area is 127 Å². The molecule has 2 aromatic rings. The largest absolute Gasteiger partial charge is 0.339 e. The Kier molecular flexibility index (Phi) is 4.10. The lowest BCUT2D eigenvalue weighted by atomic mass is 10.00. The van der Waals surface area contributed by atoms with E-state index >= 15 is 0 Å². The second kappa shape index (κ2) is 5.86. The summed E-state index contributed by atoms with van der Waals surface area (Å²) in [4.78, 5) is 4.33. The first-order chi connectivity index (χ1) is 10.1. The first kappa shape index (κ1) is 14.7. The number of thiophene rings is 1. The third-order valence-electron chi connectivity index (χ3n) is 3.62. The van der Waals surface area contributed by atoms with Gasteiger partial charge >= 0.3 is 0 Å². The van der Waals surface area contributed by atoms with Crippen molar-refractivity contribution in [3.8, 4) is 0 Å².